The number of carbonyl (C=O) groups excluding carboxylic acids is 1. The molecule has 7 heteroatoms. The third-order valence-electron chi connectivity index (χ3n) is 5.06. The van der Waals surface area contributed by atoms with Gasteiger partial charge < -0.3 is 10.1 Å². The van der Waals surface area contributed by atoms with Crippen LogP contribution in [0.1, 0.15) is 29.8 Å². The molecule has 1 heterocycles. The molecule has 3 aromatic carbocycles. The van der Waals surface area contributed by atoms with Crippen LogP contribution in [-0.2, 0) is 0 Å². The predicted octanol–water partition coefficient (Wildman–Crippen LogP) is 6.89. The molecular formula is C27H24BrN3O2S. The molecule has 0 bridgehead atoms. The first kappa shape index (κ1) is 23.9. The molecule has 4 rings (SSSR count). The molecule has 1 aromatic heterocycles. The van der Waals surface area contributed by atoms with Crippen LogP contribution < -0.4 is 15.4 Å². The molecule has 0 aliphatic rings. The zero-order valence-electron chi connectivity index (χ0n) is 19.1. The van der Waals surface area contributed by atoms with Crippen LogP contribution >= 0.6 is 28.1 Å². The number of amides is 1. The highest BCUT2D eigenvalue weighted by atomic mass is 79.9. The van der Waals surface area contributed by atoms with Crippen molar-refractivity contribution in [2.75, 3.05) is 5.32 Å². The molecule has 0 saturated heterocycles. The lowest BCUT2D eigenvalue weighted by Gasteiger charge is -2.14. The van der Waals surface area contributed by atoms with Gasteiger partial charge in [0.1, 0.15) is 5.75 Å². The van der Waals surface area contributed by atoms with Gasteiger partial charge in [-0.15, -0.1) is 0 Å². The number of nitrogens with one attached hydrogen (secondary N) is 2. The maximum absolute atomic E-state index is 13.3. The topological polar surface area (TPSA) is 63.2 Å². The zero-order valence-corrected chi connectivity index (χ0v) is 21.5. The summed E-state index contributed by atoms with van der Waals surface area (Å²) < 4.78 is 6.70. The van der Waals surface area contributed by atoms with Crippen molar-refractivity contribution >= 4 is 55.8 Å². The van der Waals surface area contributed by atoms with Gasteiger partial charge in [-0.05, 0) is 90.9 Å². The number of aryl methyl sites for hydroxylation is 1. The van der Waals surface area contributed by atoms with Crippen LogP contribution in [0.25, 0.3) is 22.2 Å². The van der Waals surface area contributed by atoms with E-state index in [1.54, 1.807) is 6.07 Å². The summed E-state index contributed by atoms with van der Waals surface area (Å²) in [6.45, 7) is 5.97. The Morgan fingerprint density at radius 1 is 1.03 bits per heavy atom. The summed E-state index contributed by atoms with van der Waals surface area (Å²) in [5.41, 5.74) is 4.65. The van der Waals surface area contributed by atoms with E-state index in [-0.39, 0.29) is 17.1 Å². The number of fused-ring (bicyclic) bond motifs is 1. The van der Waals surface area contributed by atoms with Crippen molar-refractivity contribution in [1.29, 1.82) is 0 Å². The fourth-order valence-electron chi connectivity index (χ4n) is 3.56. The Bertz CT molecular complexity index is 1390. The highest BCUT2D eigenvalue weighted by Crippen LogP contribution is 2.28. The summed E-state index contributed by atoms with van der Waals surface area (Å²) in [7, 11) is 0. The summed E-state index contributed by atoms with van der Waals surface area (Å²) in [5, 5.41) is 6.84. The molecule has 4 aromatic rings. The van der Waals surface area contributed by atoms with Crippen molar-refractivity contribution in [3.05, 3.63) is 88.4 Å². The van der Waals surface area contributed by atoms with Crippen LogP contribution in [0, 0.1) is 6.92 Å². The van der Waals surface area contributed by atoms with Gasteiger partial charge in [-0.1, -0.05) is 36.4 Å². The van der Waals surface area contributed by atoms with Crippen LogP contribution in [0.4, 0.5) is 5.69 Å². The second kappa shape index (κ2) is 10.3. The SMILES string of the molecule is Cc1ccc(NC(=S)NC(=O)c2cc(-c3cccc(OC(C)C)c3)nc3ccccc23)c(Br)c1. The number of carbonyl (C=O) groups is 1. The molecule has 0 unspecified atom stereocenters. The fraction of sp³-hybridized carbons (Fsp3) is 0.148. The Hall–Kier alpha value is -3.29. The highest BCUT2D eigenvalue weighted by Gasteiger charge is 2.16. The maximum Gasteiger partial charge on any atom is 0.258 e. The number of aromatic nitrogens is 1. The van der Waals surface area contributed by atoms with Crippen molar-refractivity contribution in [2.24, 2.45) is 0 Å². The molecule has 0 saturated carbocycles. The quantitative estimate of drug-likeness (QED) is 0.273. The van der Waals surface area contributed by atoms with Gasteiger partial charge in [-0.3, -0.25) is 10.1 Å². The Morgan fingerprint density at radius 3 is 2.59 bits per heavy atom. The standard InChI is InChI=1S/C27H24BrN3O2S/c1-16(2)33-19-8-6-7-18(14-19)25-15-21(20-9-4-5-10-23(20)29-25)26(32)31-27(34)30-24-12-11-17(3)13-22(24)28/h4-16H,1-3H3,(H2,30,31,32,34). The molecule has 0 radical (unpaired) electrons. The minimum atomic E-state index is -0.310. The predicted molar refractivity (Wildman–Crippen MR) is 146 cm³/mol. The number of para-hydroxylation sites is 1. The van der Waals surface area contributed by atoms with Gasteiger partial charge in [0.2, 0.25) is 0 Å². The van der Waals surface area contributed by atoms with Gasteiger partial charge >= 0.3 is 0 Å². The number of hydrogen-bond donors (Lipinski definition) is 2. The average molecular weight is 534 g/mol. The molecule has 34 heavy (non-hydrogen) atoms. The minimum Gasteiger partial charge on any atom is -0.491 e. The number of hydrogen-bond acceptors (Lipinski definition) is 4. The lowest BCUT2D eigenvalue weighted by Crippen LogP contribution is -2.34. The first-order valence-electron chi connectivity index (χ1n) is 10.9. The summed E-state index contributed by atoms with van der Waals surface area (Å²) in [4.78, 5) is 18.1. The van der Waals surface area contributed by atoms with E-state index in [0.717, 1.165) is 37.9 Å². The molecule has 1 amide bonds. The molecule has 0 aliphatic carbocycles. The number of anilines is 1. The fourth-order valence-corrected chi connectivity index (χ4v) is 4.35. The van der Waals surface area contributed by atoms with E-state index in [9.17, 15) is 4.79 Å². The van der Waals surface area contributed by atoms with Crippen molar-refractivity contribution in [2.45, 2.75) is 26.9 Å². The molecule has 172 valence electrons. The van der Waals surface area contributed by atoms with E-state index in [0.29, 0.717) is 11.3 Å². The number of halogens is 1. The molecule has 5 nitrogen and oxygen atoms in total. The second-order valence-corrected chi connectivity index (χ2v) is 9.42. The van der Waals surface area contributed by atoms with Gasteiger partial charge in [0.25, 0.3) is 5.91 Å². The highest BCUT2D eigenvalue weighted by molar-refractivity contribution is 9.10. The number of thiocarbonyl (C=S) groups is 1. The van der Waals surface area contributed by atoms with Crippen LogP contribution in [0.15, 0.2) is 77.3 Å². The van der Waals surface area contributed by atoms with E-state index in [2.05, 4.69) is 26.6 Å². The van der Waals surface area contributed by atoms with Crippen molar-refractivity contribution in [3.8, 4) is 17.0 Å². The Morgan fingerprint density at radius 2 is 1.82 bits per heavy atom. The minimum absolute atomic E-state index is 0.0585. The van der Waals surface area contributed by atoms with Crippen LogP contribution in [-0.4, -0.2) is 22.1 Å². The number of ether oxygens (including phenoxy) is 1. The van der Waals surface area contributed by atoms with E-state index in [1.807, 2.05) is 87.5 Å². The first-order chi connectivity index (χ1) is 16.3. The molecule has 0 aliphatic heterocycles. The van der Waals surface area contributed by atoms with Crippen molar-refractivity contribution < 1.29 is 9.53 Å². The van der Waals surface area contributed by atoms with Gasteiger partial charge in [-0.2, -0.15) is 0 Å². The van der Waals surface area contributed by atoms with Gasteiger partial charge in [0.05, 0.1) is 28.6 Å². The van der Waals surface area contributed by atoms with E-state index >= 15 is 0 Å². The summed E-state index contributed by atoms with van der Waals surface area (Å²) in [6.07, 6.45) is 0.0585. The maximum atomic E-state index is 13.3. The normalized spacial score (nSPS) is 10.9. The van der Waals surface area contributed by atoms with E-state index in [4.69, 9.17) is 21.9 Å². The second-order valence-electron chi connectivity index (χ2n) is 8.16. The first-order valence-corrected chi connectivity index (χ1v) is 12.1. The lowest BCUT2D eigenvalue weighted by atomic mass is 10.0. The van der Waals surface area contributed by atoms with Crippen molar-refractivity contribution in [3.63, 3.8) is 0 Å². The van der Waals surface area contributed by atoms with Gasteiger partial charge in [-0.25, -0.2) is 4.98 Å². The van der Waals surface area contributed by atoms with Crippen molar-refractivity contribution in [1.82, 2.24) is 10.3 Å². The average Bonchev–Trinajstić information content (AvgIpc) is 2.80. The Kier molecular flexibility index (Phi) is 7.24. The number of rotatable bonds is 5. The van der Waals surface area contributed by atoms with Crippen LogP contribution in [0.2, 0.25) is 0 Å². The third-order valence-corrected chi connectivity index (χ3v) is 5.92. The van der Waals surface area contributed by atoms with E-state index in [1.165, 1.54) is 0 Å². The molecule has 0 atom stereocenters. The number of pyridine rings is 1. The van der Waals surface area contributed by atoms with Crippen LogP contribution in [0.3, 0.4) is 0 Å². The lowest BCUT2D eigenvalue weighted by molar-refractivity contribution is 0.0979. The van der Waals surface area contributed by atoms with E-state index < -0.39 is 0 Å². The third kappa shape index (κ3) is 5.61. The number of benzene rings is 3. The molecule has 0 spiro atoms. The van der Waals surface area contributed by atoms with Crippen LogP contribution in [0.5, 0.6) is 5.75 Å². The largest absolute Gasteiger partial charge is 0.491 e. The number of nitrogens with zero attached hydrogens (tertiary/aromatic N) is 1. The summed E-state index contributed by atoms with van der Waals surface area (Å²) in [5.74, 6) is 0.442. The molecule has 2 N–H and O–H groups in total. The molecular weight excluding hydrogens is 510 g/mol. The monoisotopic (exact) mass is 533 g/mol. The van der Waals surface area contributed by atoms with Gasteiger partial charge in [0, 0.05) is 15.4 Å². The molecule has 0 fully saturated rings. The zero-order chi connectivity index (χ0) is 24.2. The smallest absolute Gasteiger partial charge is 0.258 e. The Balaban J connectivity index is 1.65. The Labute approximate surface area is 212 Å². The summed E-state index contributed by atoms with van der Waals surface area (Å²) >= 11 is 8.94. The summed E-state index contributed by atoms with van der Waals surface area (Å²) in [6, 6.07) is 22.9. The van der Waals surface area contributed by atoms with Gasteiger partial charge in [0.15, 0.2) is 5.11 Å².